The van der Waals surface area contributed by atoms with Crippen molar-refractivity contribution in [2.75, 3.05) is 57.4 Å². The number of carbonyl (C=O) groups excluding carboxylic acids is 1. The summed E-state index contributed by atoms with van der Waals surface area (Å²) in [5, 5.41) is 0.965. The van der Waals surface area contributed by atoms with Crippen LogP contribution in [0.2, 0.25) is 0 Å². The van der Waals surface area contributed by atoms with Crippen molar-refractivity contribution >= 4 is 22.4 Å². The Labute approximate surface area is 187 Å². The molecule has 1 amide bonds. The Morgan fingerprint density at radius 3 is 2.52 bits per heavy atom. The van der Waals surface area contributed by atoms with Gasteiger partial charge in [0.15, 0.2) is 16.6 Å². The van der Waals surface area contributed by atoms with Gasteiger partial charge in [0, 0.05) is 45.3 Å². The van der Waals surface area contributed by atoms with E-state index in [0.717, 1.165) is 73.6 Å². The van der Waals surface area contributed by atoms with Crippen LogP contribution in [0, 0.1) is 0 Å². The molecular formula is C23H30N4O3S. The molecule has 0 saturated carbocycles. The van der Waals surface area contributed by atoms with E-state index in [1.807, 2.05) is 11.0 Å². The van der Waals surface area contributed by atoms with E-state index in [-0.39, 0.29) is 5.91 Å². The van der Waals surface area contributed by atoms with Crippen LogP contribution in [0.15, 0.2) is 24.4 Å². The predicted molar refractivity (Wildman–Crippen MR) is 122 cm³/mol. The number of fused-ring (bicyclic) bond motifs is 1. The molecule has 3 aliphatic heterocycles. The van der Waals surface area contributed by atoms with Crippen molar-refractivity contribution in [3.8, 4) is 11.5 Å². The number of benzene rings is 1. The average molecular weight is 443 g/mol. The molecule has 166 valence electrons. The van der Waals surface area contributed by atoms with Crippen LogP contribution in [0.3, 0.4) is 0 Å². The lowest BCUT2D eigenvalue weighted by Crippen LogP contribution is -2.47. The zero-order valence-corrected chi connectivity index (χ0v) is 18.9. The van der Waals surface area contributed by atoms with Gasteiger partial charge >= 0.3 is 0 Å². The molecule has 2 saturated heterocycles. The largest absolute Gasteiger partial charge is 0.486 e. The molecule has 1 aromatic heterocycles. The van der Waals surface area contributed by atoms with Gasteiger partial charge in [0.2, 0.25) is 0 Å². The third-order valence-corrected chi connectivity index (χ3v) is 7.57. The number of likely N-dealkylation sites (tertiary alicyclic amines) is 1. The first-order chi connectivity index (χ1) is 15.2. The third-order valence-electron chi connectivity index (χ3n) is 6.53. The van der Waals surface area contributed by atoms with Crippen molar-refractivity contribution in [1.29, 1.82) is 0 Å². The number of thiazole rings is 1. The first-order valence-corrected chi connectivity index (χ1v) is 12.1. The number of piperazine rings is 1. The SMILES string of the molecule is CC(c1ccc2c(c1)OCCO2)N1CCN(c2ncc(C(=O)N3CCCCC3)s2)CC1. The molecule has 7 nitrogen and oxygen atoms in total. The number of aromatic nitrogens is 1. The van der Waals surface area contributed by atoms with E-state index in [9.17, 15) is 4.79 Å². The molecule has 1 unspecified atom stereocenters. The van der Waals surface area contributed by atoms with E-state index in [4.69, 9.17) is 9.47 Å². The predicted octanol–water partition coefficient (Wildman–Crippen LogP) is 3.42. The van der Waals surface area contributed by atoms with Crippen molar-refractivity contribution in [2.24, 2.45) is 0 Å². The molecule has 1 atom stereocenters. The molecule has 0 spiro atoms. The highest BCUT2D eigenvalue weighted by molar-refractivity contribution is 7.17. The van der Waals surface area contributed by atoms with Crippen LogP contribution in [0.5, 0.6) is 11.5 Å². The number of ether oxygens (including phenoxy) is 2. The molecule has 3 aliphatic rings. The molecule has 0 radical (unpaired) electrons. The van der Waals surface area contributed by atoms with Gasteiger partial charge in [-0.1, -0.05) is 17.4 Å². The minimum atomic E-state index is 0.148. The molecule has 1 aromatic carbocycles. The minimum absolute atomic E-state index is 0.148. The van der Waals surface area contributed by atoms with Crippen LogP contribution in [-0.2, 0) is 0 Å². The third kappa shape index (κ3) is 4.36. The van der Waals surface area contributed by atoms with E-state index in [1.54, 1.807) is 6.20 Å². The van der Waals surface area contributed by atoms with Crippen LogP contribution in [0.1, 0.15) is 47.5 Å². The van der Waals surface area contributed by atoms with Gasteiger partial charge < -0.3 is 19.3 Å². The second kappa shape index (κ2) is 9.04. The number of rotatable bonds is 4. The number of piperidine rings is 1. The Hall–Kier alpha value is -2.32. The zero-order chi connectivity index (χ0) is 21.2. The number of amides is 1. The molecule has 2 aromatic rings. The second-order valence-electron chi connectivity index (χ2n) is 8.46. The fourth-order valence-electron chi connectivity index (χ4n) is 4.59. The highest BCUT2D eigenvalue weighted by atomic mass is 32.1. The van der Waals surface area contributed by atoms with Gasteiger partial charge in [-0.2, -0.15) is 0 Å². The van der Waals surface area contributed by atoms with Crippen molar-refractivity contribution in [3.63, 3.8) is 0 Å². The zero-order valence-electron chi connectivity index (χ0n) is 18.1. The normalized spacial score (nSPS) is 20.5. The summed E-state index contributed by atoms with van der Waals surface area (Å²) in [4.78, 5) is 24.9. The van der Waals surface area contributed by atoms with Crippen molar-refractivity contribution in [2.45, 2.75) is 32.2 Å². The van der Waals surface area contributed by atoms with Crippen molar-refractivity contribution in [1.82, 2.24) is 14.8 Å². The first-order valence-electron chi connectivity index (χ1n) is 11.3. The average Bonchev–Trinajstić information content (AvgIpc) is 3.34. The van der Waals surface area contributed by atoms with Crippen LogP contribution in [-0.4, -0.2) is 73.2 Å². The number of nitrogens with zero attached hydrogens (tertiary/aromatic N) is 4. The van der Waals surface area contributed by atoms with Crippen molar-refractivity contribution in [3.05, 3.63) is 34.8 Å². The highest BCUT2D eigenvalue weighted by Crippen LogP contribution is 2.34. The van der Waals surface area contributed by atoms with Gasteiger partial charge in [0.25, 0.3) is 5.91 Å². The second-order valence-corrected chi connectivity index (χ2v) is 9.47. The fraction of sp³-hybridized carbons (Fsp3) is 0.565. The topological polar surface area (TPSA) is 58.1 Å². The van der Waals surface area contributed by atoms with E-state index in [1.165, 1.54) is 23.3 Å². The van der Waals surface area contributed by atoms with Crippen molar-refractivity contribution < 1.29 is 14.3 Å². The fourth-order valence-corrected chi connectivity index (χ4v) is 5.53. The Bertz CT molecular complexity index is 919. The number of carbonyl (C=O) groups is 1. The molecule has 0 aliphatic carbocycles. The van der Waals surface area contributed by atoms with E-state index in [2.05, 4.69) is 33.8 Å². The number of anilines is 1. The molecule has 0 bridgehead atoms. The number of hydrogen-bond donors (Lipinski definition) is 0. The van der Waals surface area contributed by atoms with Gasteiger partial charge in [-0.15, -0.1) is 0 Å². The molecular weight excluding hydrogens is 412 g/mol. The first kappa shape index (κ1) is 20.6. The van der Waals surface area contributed by atoms with Gasteiger partial charge in [0.1, 0.15) is 18.1 Å². The van der Waals surface area contributed by atoms with Gasteiger partial charge in [-0.3, -0.25) is 9.69 Å². The van der Waals surface area contributed by atoms with E-state index < -0.39 is 0 Å². The monoisotopic (exact) mass is 442 g/mol. The minimum Gasteiger partial charge on any atom is -0.486 e. The summed E-state index contributed by atoms with van der Waals surface area (Å²) in [5.74, 6) is 1.84. The van der Waals surface area contributed by atoms with Gasteiger partial charge in [-0.25, -0.2) is 4.98 Å². The van der Waals surface area contributed by atoms with Crippen LogP contribution < -0.4 is 14.4 Å². The van der Waals surface area contributed by atoms with Gasteiger partial charge in [-0.05, 0) is 43.9 Å². The summed E-state index contributed by atoms with van der Waals surface area (Å²) < 4.78 is 11.4. The van der Waals surface area contributed by atoms with E-state index >= 15 is 0 Å². The molecule has 4 heterocycles. The Kier molecular flexibility index (Phi) is 6.00. The number of hydrogen-bond acceptors (Lipinski definition) is 7. The van der Waals surface area contributed by atoms with E-state index in [0.29, 0.717) is 19.3 Å². The summed E-state index contributed by atoms with van der Waals surface area (Å²) in [5.41, 5.74) is 1.25. The summed E-state index contributed by atoms with van der Waals surface area (Å²) in [7, 11) is 0. The summed E-state index contributed by atoms with van der Waals surface area (Å²) in [6.07, 6.45) is 5.22. The summed E-state index contributed by atoms with van der Waals surface area (Å²) in [6, 6.07) is 6.59. The molecule has 2 fully saturated rings. The van der Waals surface area contributed by atoms with Crippen LogP contribution in [0.25, 0.3) is 0 Å². The lowest BCUT2D eigenvalue weighted by molar-refractivity contribution is 0.0729. The Balaban J connectivity index is 1.19. The maximum absolute atomic E-state index is 12.7. The molecule has 5 rings (SSSR count). The summed E-state index contributed by atoms with van der Waals surface area (Å²) in [6.45, 7) is 8.99. The highest BCUT2D eigenvalue weighted by Gasteiger charge is 2.26. The molecule has 0 N–H and O–H groups in total. The Morgan fingerprint density at radius 1 is 1.00 bits per heavy atom. The maximum atomic E-state index is 12.7. The lowest BCUT2D eigenvalue weighted by atomic mass is 10.1. The quantitative estimate of drug-likeness (QED) is 0.723. The maximum Gasteiger partial charge on any atom is 0.265 e. The molecule has 31 heavy (non-hydrogen) atoms. The lowest BCUT2D eigenvalue weighted by Gasteiger charge is -2.38. The molecule has 8 heteroatoms. The van der Waals surface area contributed by atoms with Crippen LogP contribution in [0.4, 0.5) is 5.13 Å². The Morgan fingerprint density at radius 2 is 1.74 bits per heavy atom. The standard InChI is InChI=1S/C23H30N4O3S/c1-17(18-5-6-19-20(15-18)30-14-13-29-19)25-9-11-27(12-10-25)23-24-16-21(31-23)22(28)26-7-3-2-4-8-26/h5-6,15-17H,2-4,7-14H2,1H3. The van der Waals surface area contributed by atoms with Gasteiger partial charge in [0.05, 0.1) is 6.20 Å². The summed E-state index contributed by atoms with van der Waals surface area (Å²) >= 11 is 1.54. The smallest absolute Gasteiger partial charge is 0.265 e. The van der Waals surface area contributed by atoms with Crippen LogP contribution >= 0.6 is 11.3 Å².